The zero-order chi connectivity index (χ0) is 13.9. The maximum Gasteiger partial charge on any atom is 0.161 e. The third-order valence-electron chi connectivity index (χ3n) is 4.17. The molecule has 0 spiro atoms. The number of ether oxygens (including phenoxy) is 2. The quantitative estimate of drug-likeness (QED) is 0.841. The summed E-state index contributed by atoms with van der Waals surface area (Å²) in [5.74, 6) is 1.75. The molecule has 4 heteroatoms. The fraction of sp³-hybridized carbons (Fsp3) is 0.625. The van der Waals surface area contributed by atoms with Crippen LogP contribution < -0.4 is 9.47 Å². The lowest BCUT2D eigenvalue weighted by molar-refractivity contribution is 0.0352. The second kappa shape index (κ2) is 6.02. The van der Waals surface area contributed by atoms with Crippen molar-refractivity contribution >= 4 is 0 Å². The molecule has 0 radical (unpaired) electrons. The van der Waals surface area contributed by atoms with E-state index in [0.29, 0.717) is 12.6 Å². The average molecular weight is 276 g/mol. The summed E-state index contributed by atoms with van der Waals surface area (Å²) in [6.45, 7) is 10.7. The molecule has 4 nitrogen and oxygen atoms in total. The van der Waals surface area contributed by atoms with Crippen LogP contribution >= 0.6 is 0 Å². The molecule has 2 aliphatic rings. The third-order valence-corrected chi connectivity index (χ3v) is 4.17. The molecular formula is C16H24N2O2. The molecule has 110 valence electrons. The van der Waals surface area contributed by atoms with Gasteiger partial charge in [0.05, 0.1) is 0 Å². The van der Waals surface area contributed by atoms with Gasteiger partial charge in [-0.1, -0.05) is 12.1 Å². The van der Waals surface area contributed by atoms with Crippen molar-refractivity contribution in [3.63, 3.8) is 0 Å². The zero-order valence-corrected chi connectivity index (χ0v) is 12.4. The number of benzene rings is 1. The van der Waals surface area contributed by atoms with E-state index in [2.05, 4.69) is 23.6 Å². The van der Waals surface area contributed by atoms with E-state index in [1.54, 1.807) is 0 Å². The van der Waals surface area contributed by atoms with Crippen LogP contribution in [0.5, 0.6) is 11.5 Å². The van der Waals surface area contributed by atoms with E-state index in [1.807, 2.05) is 24.3 Å². The highest BCUT2D eigenvalue weighted by atomic mass is 16.6. The number of hydrogen-bond acceptors (Lipinski definition) is 4. The Morgan fingerprint density at radius 2 is 1.80 bits per heavy atom. The summed E-state index contributed by atoms with van der Waals surface area (Å²) in [6, 6.07) is 8.57. The van der Waals surface area contributed by atoms with Gasteiger partial charge in [-0.3, -0.25) is 9.80 Å². The van der Waals surface area contributed by atoms with Crippen LogP contribution in [0.15, 0.2) is 24.3 Å². The van der Waals surface area contributed by atoms with Crippen molar-refractivity contribution < 1.29 is 9.47 Å². The maximum absolute atomic E-state index is 6.03. The fourth-order valence-corrected chi connectivity index (χ4v) is 2.90. The van der Waals surface area contributed by atoms with Crippen molar-refractivity contribution in [1.82, 2.24) is 9.80 Å². The van der Waals surface area contributed by atoms with E-state index in [1.165, 1.54) is 0 Å². The lowest BCUT2D eigenvalue weighted by Gasteiger charge is -2.38. The summed E-state index contributed by atoms with van der Waals surface area (Å²) >= 11 is 0. The van der Waals surface area contributed by atoms with Gasteiger partial charge < -0.3 is 9.47 Å². The average Bonchev–Trinajstić information content (AvgIpc) is 2.48. The predicted molar refractivity (Wildman–Crippen MR) is 79.5 cm³/mol. The minimum Gasteiger partial charge on any atom is -0.486 e. The van der Waals surface area contributed by atoms with Gasteiger partial charge in [0.1, 0.15) is 12.7 Å². The smallest absolute Gasteiger partial charge is 0.161 e. The molecule has 0 saturated carbocycles. The molecule has 0 bridgehead atoms. The molecule has 1 aromatic carbocycles. The van der Waals surface area contributed by atoms with Gasteiger partial charge in [0.2, 0.25) is 0 Å². The van der Waals surface area contributed by atoms with Crippen LogP contribution in [0.3, 0.4) is 0 Å². The van der Waals surface area contributed by atoms with E-state index >= 15 is 0 Å². The summed E-state index contributed by atoms with van der Waals surface area (Å²) < 4.78 is 11.8. The van der Waals surface area contributed by atoms with Crippen molar-refractivity contribution in [1.29, 1.82) is 0 Å². The highest BCUT2D eigenvalue weighted by molar-refractivity contribution is 5.40. The number of piperazine rings is 1. The summed E-state index contributed by atoms with van der Waals surface area (Å²) in [6.07, 6.45) is 0.149. The van der Waals surface area contributed by atoms with Crippen molar-refractivity contribution in [2.24, 2.45) is 0 Å². The van der Waals surface area contributed by atoms with E-state index < -0.39 is 0 Å². The van der Waals surface area contributed by atoms with Crippen LogP contribution in [0, 0.1) is 0 Å². The molecule has 1 aromatic rings. The molecule has 0 aromatic heterocycles. The molecule has 1 atom stereocenters. The number of hydrogen-bond donors (Lipinski definition) is 0. The van der Waals surface area contributed by atoms with Gasteiger partial charge in [-0.2, -0.15) is 0 Å². The SMILES string of the molecule is CC(C)N1CCN(C[C@H]2COc3ccccc3O2)CC1. The Morgan fingerprint density at radius 3 is 2.50 bits per heavy atom. The van der Waals surface area contributed by atoms with Crippen LogP contribution in [0.2, 0.25) is 0 Å². The van der Waals surface area contributed by atoms with Gasteiger partial charge in [-0.25, -0.2) is 0 Å². The number of nitrogens with zero attached hydrogens (tertiary/aromatic N) is 2. The molecule has 2 aliphatic heterocycles. The molecule has 0 aliphatic carbocycles. The van der Waals surface area contributed by atoms with Gasteiger partial charge in [0, 0.05) is 38.8 Å². The van der Waals surface area contributed by atoms with Crippen LogP contribution in [-0.2, 0) is 0 Å². The van der Waals surface area contributed by atoms with Crippen LogP contribution in [0.25, 0.3) is 0 Å². The van der Waals surface area contributed by atoms with E-state index in [-0.39, 0.29) is 6.10 Å². The molecule has 0 amide bonds. The number of fused-ring (bicyclic) bond motifs is 1. The first kappa shape index (κ1) is 13.7. The fourth-order valence-electron chi connectivity index (χ4n) is 2.90. The predicted octanol–water partition coefficient (Wildman–Crippen LogP) is 1.85. The van der Waals surface area contributed by atoms with Crippen molar-refractivity contribution in [2.45, 2.75) is 26.0 Å². The first-order valence-electron chi connectivity index (χ1n) is 7.57. The largest absolute Gasteiger partial charge is 0.486 e. The van der Waals surface area contributed by atoms with Crippen molar-refractivity contribution in [3.8, 4) is 11.5 Å². The van der Waals surface area contributed by atoms with E-state index in [9.17, 15) is 0 Å². The molecule has 3 rings (SSSR count). The van der Waals surface area contributed by atoms with Gasteiger partial charge in [-0.15, -0.1) is 0 Å². The van der Waals surface area contributed by atoms with Gasteiger partial charge >= 0.3 is 0 Å². The first-order chi connectivity index (χ1) is 9.72. The lowest BCUT2D eigenvalue weighted by Crippen LogP contribution is -2.52. The Bertz CT molecular complexity index is 442. The zero-order valence-electron chi connectivity index (χ0n) is 12.4. The first-order valence-corrected chi connectivity index (χ1v) is 7.57. The molecule has 0 N–H and O–H groups in total. The van der Waals surface area contributed by atoms with Gasteiger partial charge in [-0.05, 0) is 26.0 Å². The Labute approximate surface area is 121 Å². The Balaban J connectivity index is 1.51. The van der Waals surface area contributed by atoms with Gasteiger partial charge in [0.25, 0.3) is 0 Å². The summed E-state index contributed by atoms with van der Waals surface area (Å²) in [4.78, 5) is 5.02. The lowest BCUT2D eigenvalue weighted by atomic mass is 10.2. The maximum atomic E-state index is 6.03. The highest BCUT2D eigenvalue weighted by Gasteiger charge is 2.25. The second-order valence-electron chi connectivity index (χ2n) is 5.93. The van der Waals surface area contributed by atoms with Crippen molar-refractivity contribution in [3.05, 3.63) is 24.3 Å². The van der Waals surface area contributed by atoms with Gasteiger partial charge in [0.15, 0.2) is 11.5 Å². The normalized spacial score (nSPS) is 24.1. The molecule has 20 heavy (non-hydrogen) atoms. The van der Waals surface area contributed by atoms with Crippen LogP contribution in [0.1, 0.15) is 13.8 Å². The number of para-hydroxylation sites is 2. The molecule has 0 unspecified atom stereocenters. The Morgan fingerprint density at radius 1 is 1.10 bits per heavy atom. The summed E-state index contributed by atoms with van der Waals surface area (Å²) in [5, 5.41) is 0. The Kier molecular flexibility index (Phi) is 4.13. The van der Waals surface area contributed by atoms with Crippen LogP contribution in [0.4, 0.5) is 0 Å². The monoisotopic (exact) mass is 276 g/mol. The van der Waals surface area contributed by atoms with Crippen molar-refractivity contribution in [2.75, 3.05) is 39.3 Å². The third kappa shape index (κ3) is 3.07. The minimum atomic E-state index is 0.149. The topological polar surface area (TPSA) is 24.9 Å². The molecule has 1 fully saturated rings. The highest BCUT2D eigenvalue weighted by Crippen LogP contribution is 2.31. The van der Waals surface area contributed by atoms with Crippen LogP contribution in [-0.4, -0.2) is 61.3 Å². The summed E-state index contributed by atoms with van der Waals surface area (Å²) in [7, 11) is 0. The summed E-state index contributed by atoms with van der Waals surface area (Å²) in [5.41, 5.74) is 0. The second-order valence-corrected chi connectivity index (χ2v) is 5.93. The Hall–Kier alpha value is -1.26. The van der Waals surface area contributed by atoms with E-state index in [4.69, 9.17) is 9.47 Å². The number of rotatable bonds is 3. The molecule has 1 saturated heterocycles. The van der Waals surface area contributed by atoms with E-state index in [0.717, 1.165) is 44.2 Å². The minimum absolute atomic E-state index is 0.149. The molecule has 2 heterocycles. The standard InChI is InChI=1S/C16H24N2O2/c1-13(2)18-9-7-17(8-10-18)11-14-12-19-15-5-3-4-6-16(15)20-14/h3-6,13-14H,7-12H2,1-2H3/t14-/m0/s1. The molecular weight excluding hydrogens is 252 g/mol.